The van der Waals surface area contributed by atoms with Crippen molar-refractivity contribution in [3.05, 3.63) is 16.5 Å². The van der Waals surface area contributed by atoms with Crippen molar-refractivity contribution < 1.29 is 4.74 Å². The maximum atomic E-state index is 5.74. The van der Waals surface area contributed by atoms with Gasteiger partial charge in [0.15, 0.2) is 0 Å². The average molecular weight is 248 g/mol. The normalized spacial score (nSPS) is 20.5. The van der Waals surface area contributed by atoms with E-state index < -0.39 is 0 Å². The molecule has 0 spiro atoms. The second-order valence-electron chi connectivity index (χ2n) is 3.36. The molecule has 0 saturated carbocycles. The molecule has 4 nitrogen and oxygen atoms in total. The zero-order valence-corrected chi connectivity index (χ0v) is 9.55. The number of anilines is 1. The van der Waals surface area contributed by atoms with Gasteiger partial charge in [-0.15, -0.1) is 0 Å². The predicted octanol–water partition coefficient (Wildman–Crippen LogP) is 2.37. The first-order valence-corrected chi connectivity index (χ1v) is 5.55. The summed E-state index contributed by atoms with van der Waals surface area (Å²) in [6, 6.07) is 1.64. The number of halogens is 2. The van der Waals surface area contributed by atoms with Gasteiger partial charge in [0.2, 0.25) is 5.28 Å². The maximum Gasteiger partial charge on any atom is 0.225 e. The summed E-state index contributed by atoms with van der Waals surface area (Å²) >= 11 is 11.4. The number of rotatable bonds is 3. The first kappa shape index (κ1) is 10.9. The summed E-state index contributed by atoms with van der Waals surface area (Å²) in [5.74, 6) is 0.635. The van der Waals surface area contributed by atoms with Gasteiger partial charge in [-0.05, 0) is 24.4 Å². The molecule has 1 aromatic rings. The minimum Gasteiger partial charge on any atom is -0.376 e. The molecule has 0 aromatic carbocycles. The lowest BCUT2D eigenvalue weighted by atomic mass is 10.2. The molecule has 0 bridgehead atoms. The summed E-state index contributed by atoms with van der Waals surface area (Å²) in [6.07, 6.45) is 2.47. The van der Waals surface area contributed by atoms with Gasteiger partial charge in [0.25, 0.3) is 0 Å². The van der Waals surface area contributed by atoms with Crippen molar-refractivity contribution in [2.24, 2.45) is 0 Å². The molecular weight excluding hydrogens is 237 g/mol. The topological polar surface area (TPSA) is 47.0 Å². The van der Waals surface area contributed by atoms with Crippen molar-refractivity contribution in [2.75, 3.05) is 18.5 Å². The van der Waals surface area contributed by atoms with Crippen molar-refractivity contribution in [3.8, 4) is 0 Å². The van der Waals surface area contributed by atoms with Gasteiger partial charge in [-0.1, -0.05) is 11.6 Å². The lowest BCUT2D eigenvalue weighted by molar-refractivity contribution is 0.120. The Morgan fingerprint density at radius 2 is 2.33 bits per heavy atom. The van der Waals surface area contributed by atoms with Crippen molar-refractivity contribution in [1.29, 1.82) is 0 Å². The molecule has 0 amide bonds. The van der Waals surface area contributed by atoms with Gasteiger partial charge >= 0.3 is 0 Å². The van der Waals surface area contributed by atoms with E-state index in [0.717, 1.165) is 26.0 Å². The number of nitrogens with zero attached hydrogens (tertiary/aromatic N) is 2. The van der Waals surface area contributed by atoms with Crippen LogP contribution in [0.15, 0.2) is 6.07 Å². The van der Waals surface area contributed by atoms with Gasteiger partial charge < -0.3 is 10.1 Å². The Balaban J connectivity index is 1.92. The third-order valence-electron chi connectivity index (χ3n) is 2.20. The number of ether oxygens (including phenoxy) is 1. The molecule has 0 unspecified atom stereocenters. The largest absolute Gasteiger partial charge is 0.376 e. The predicted molar refractivity (Wildman–Crippen MR) is 59.5 cm³/mol. The SMILES string of the molecule is Clc1cc(NC[C@H]2CCCO2)nc(Cl)n1. The van der Waals surface area contributed by atoms with Crippen LogP contribution in [0.4, 0.5) is 5.82 Å². The monoisotopic (exact) mass is 247 g/mol. The molecule has 1 aromatic heterocycles. The van der Waals surface area contributed by atoms with Crippen LogP contribution in [-0.2, 0) is 4.74 Å². The molecule has 6 heteroatoms. The molecule has 1 saturated heterocycles. The van der Waals surface area contributed by atoms with Gasteiger partial charge in [0.05, 0.1) is 6.10 Å². The van der Waals surface area contributed by atoms with Crippen LogP contribution >= 0.6 is 23.2 Å². The van der Waals surface area contributed by atoms with Crippen molar-refractivity contribution >= 4 is 29.0 Å². The van der Waals surface area contributed by atoms with Crippen molar-refractivity contribution in [2.45, 2.75) is 18.9 Å². The van der Waals surface area contributed by atoms with Crippen LogP contribution in [0.25, 0.3) is 0 Å². The Kier molecular flexibility index (Phi) is 3.61. The molecule has 0 radical (unpaired) electrons. The van der Waals surface area contributed by atoms with Crippen molar-refractivity contribution in [3.63, 3.8) is 0 Å². The number of hydrogen-bond acceptors (Lipinski definition) is 4. The van der Waals surface area contributed by atoms with Crippen LogP contribution < -0.4 is 5.32 Å². The first-order valence-electron chi connectivity index (χ1n) is 4.79. The van der Waals surface area contributed by atoms with Crippen LogP contribution in [0.5, 0.6) is 0 Å². The highest BCUT2D eigenvalue weighted by atomic mass is 35.5. The molecule has 2 rings (SSSR count). The fourth-order valence-electron chi connectivity index (χ4n) is 1.50. The summed E-state index contributed by atoms with van der Waals surface area (Å²) in [6.45, 7) is 1.57. The fraction of sp³-hybridized carbons (Fsp3) is 0.556. The highest BCUT2D eigenvalue weighted by molar-refractivity contribution is 6.32. The number of hydrogen-bond donors (Lipinski definition) is 1. The summed E-state index contributed by atoms with van der Waals surface area (Å²) < 4.78 is 5.46. The fourth-order valence-corrected chi connectivity index (χ4v) is 1.91. The van der Waals surface area contributed by atoms with Crippen LogP contribution in [-0.4, -0.2) is 29.2 Å². The molecule has 1 aliphatic heterocycles. The smallest absolute Gasteiger partial charge is 0.225 e. The van der Waals surface area contributed by atoms with E-state index in [1.807, 2.05) is 0 Å². The zero-order valence-electron chi connectivity index (χ0n) is 8.04. The van der Waals surface area contributed by atoms with E-state index in [9.17, 15) is 0 Å². The minimum atomic E-state index is 0.150. The Hall–Kier alpha value is -0.580. The molecule has 1 N–H and O–H groups in total. The van der Waals surface area contributed by atoms with E-state index in [1.165, 1.54) is 0 Å². The average Bonchev–Trinajstić information content (AvgIpc) is 2.65. The first-order chi connectivity index (χ1) is 7.24. The molecular formula is C9H11Cl2N3O. The Morgan fingerprint density at radius 3 is 3.00 bits per heavy atom. The molecule has 15 heavy (non-hydrogen) atoms. The van der Waals surface area contributed by atoms with Crippen molar-refractivity contribution in [1.82, 2.24) is 9.97 Å². The molecule has 82 valence electrons. The summed E-state index contributed by atoms with van der Waals surface area (Å²) in [7, 11) is 0. The lowest BCUT2D eigenvalue weighted by Crippen LogP contribution is -2.19. The lowest BCUT2D eigenvalue weighted by Gasteiger charge is -2.11. The van der Waals surface area contributed by atoms with Gasteiger partial charge in [-0.3, -0.25) is 0 Å². The molecule has 1 aliphatic rings. The molecule has 1 atom stereocenters. The van der Waals surface area contributed by atoms with Gasteiger partial charge in [0, 0.05) is 19.2 Å². The maximum absolute atomic E-state index is 5.74. The summed E-state index contributed by atoms with van der Waals surface area (Å²) in [4.78, 5) is 7.76. The van der Waals surface area contributed by atoms with E-state index in [4.69, 9.17) is 27.9 Å². The van der Waals surface area contributed by atoms with E-state index in [0.29, 0.717) is 11.0 Å². The Labute approximate surface area is 98.0 Å². The van der Waals surface area contributed by atoms with Crippen LogP contribution in [0, 0.1) is 0 Å². The third kappa shape index (κ3) is 3.19. The highest BCUT2D eigenvalue weighted by Crippen LogP contribution is 2.16. The molecule has 2 heterocycles. The van der Waals surface area contributed by atoms with E-state index in [-0.39, 0.29) is 11.4 Å². The second kappa shape index (κ2) is 4.96. The van der Waals surface area contributed by atoms with Crippen LogP contribution in [0.3, 0.4) is 0 Å². The van der Waals surface area contributed by atoms with Gasteiger partial charge in [-0.2, -0.15) is 0 Å². The minimum absolute atomic E-state index is 0.150. The van der Waals surface area contributed by atoms with E-state index in [2.05, 4.69) is 15.3 Å². The quantitative estimate of drug-likeness (QED) is 0.659. The summed E-state index contributed by atoms with van der Waals surface area (Å²) in [5, 5.41) is 3.61. The highest BCUT2D eigenvalue weighted by Gasteiger charge is 2.15. The zero-order chi connectivity index (χ0) is 10.7. The number of aromatic nitrogens is 2. The number of nitrogens with one attached hydrogen (secondary N) is 1. The second-order valence-corrected chi connectivity index (χ2v) is 4.09. The van der Waals surface area contributed by atoms with E-state index >= 15 is 0 Å². The van der Waals surface area contributed by atoms with Gasteiger partial charge in [-0.25, -0.2) is 9.97 Å². The molecule has 0 aliphatic carbocycles. The third-order valence-corrected chi connectivity index (χ3v) is 2.57. The van der Waals surface area contributed by atoms with Crippen LogP contribution in [0.2, 0.25) is 10.4 Å². The van der Waals surface area contributed by atoms with Gasteiger partial charge in [0.1, 0.15) is 11.0 Å². The van der Waals surface area contributed by atoms with E-state index in [1.54, 1.807) is 6.07 Å². The Bertz CT molecular complexity index is 322. The Morgan fingerprint density at radius 1 is 1.47 bits per heavy atom. The van der Waals surface area contributed by atoms with Crippen LogP contribution in [0.1, 0.15) is 12.8 Å². The standard InChI is InChI=1S/C9H11Cl2N3O/c10-7-4-8(14-9(11)13-7)12-5-6-2-1-3-15-6/h4,6H,1-3,5H2,(H,12,13,14)/t6-/m1/s1. The molecule has 1 fully saturated rings. The summed E-state index contributed by atoms with van der Waals surface area (Å²) in [5.41, 5.74) is 0.